The maximum Gasteiger partial charge on any atom is 0.253 e. The maximum absolute atomic E-state index is 11.7. The number of hydrogen-bond acceptors (Lipinski definition) is 4. The third-order valence-electron chi connectivity index (χ3n) is 2.73. The molecule has 0 spiro atoms. The van der Waals surface area contributed by atoms with Crippen molar-refractivity contribution >= 4 is 0 Å². The molecule has 0 bridgehead atoms. The molecule has 0 unspecified atom stereocenters. The van der Waals surface area contributed by atoms with Crippen LogP contribution in [-0.2, 0) is 6.54 Å². The molecule has 5 heteroatoms. The molecule has 0 fully saturated rings. The minimum atomic E-state index is -0.0922. The first-order valence-corrected chi connectivity index (χ1v) is 6.11. The molecule has 1 aromatic carbocycles. The predicted molar refractivity (Wildman–Crippen MR) is 76.5 cm³/mol. The Morgan fingerprint density at radius 2 is 2.25 bits per heavy atom. The molecular formula is C15H15N3O2. The molecule has 2 aromatic rings. The monoisotopic (exact) mass is 269 g/mol. The molecule has 0 radical (unpaired) electrons. The van der Waals surface area contributed by atoms with Crippen LogP contribution in [0.1, 0.15) is 11.1 Å². The van der Waals surface area contributed by atoms with Crippen LogP contribution >= 0.6 is 0 Å². The molecule has 2 N–H and O–H groups in total. The van der Waals surface area contributed by atoms with Gasteiger partial charge in [-0.1, -0.05) is 17.9 Å². The quantitative estimate of drug-likeness (QED) is 0.829. The Labute approximate surface area is 117 Å². The standard InChI is InChI=1S/C15H15N3O2/c1-20-14-5-4-12(9-13(14)3-2-7-16)10-18-11-17-8-6-15(18)19/h4-6,8-9,11H,7,10,16H2,1H3. The van der Waals surface area contributed by atoms with Gasteiger partial charge >= 0.3 is 0 Å². The summed E-state index contributed by atoms with van der Waals surface area (Å²) in [5.74, 6) is 6.45. The summed E-state index contributed by atoms with van der Waals surface area (Å²) < 4.78 is 6.78. The summed E-state index contributed by atoms with van der Waals surface area (Å²) in [5.41, 5.74) is 6.99. The van der Waals surface area contributed by atoms with E-state index in [1.54, 1.807) is 7.11 Å². The van der Waals surface area contributed by atoms with E-state index < -0.39 is 0 Å². The van der Waals surface area contributed by atoms with E-state index in [1.807, 2.05) is 18.2 Å². The minimum Gasteiger partial charge on any atom is -0.495 e. The Morgan fingerprint density at radius 3 is 2.95 bits per heavy atom. The third kappa shape index (κ3) is 3.25. The number of methoxy groups -OCH3 is 1. The van der Waals surface area contributed by atoms with Crippen LogP contribution in [0.25, 0.3) is 0 Å². The van der Waals surface area contributed by atoms with Crippen molar-refractivity contribution in [3.8, 4) is 17.6 Å². The molecule has 0 amide bonds. The molecule has 20 heavy (non-hydrogen) atoms. The summed E-state index contributed by atoms with van der Waals surface area (Å²) in [4.78, 5) is 15.6. The molecule has 5 nitrogen and oxygen atoms in total. The highest BCUT2D eigenvalue weighted by Crippen LogP contribution is 2.19. The van der Waals surface area contributed by atoms with E-state index in [0.717, 1.165) is 11.1 Å². The van der Waals surface area contributed by atoms with Crippen LogP contribution in [0, 0.1) is 11.8 Å². The summed E-state index contributed by atoms with van der Waals surface area (Å²) in [6.07, 6.45) is 2.99. The first-order valence-electron chi connectivity index (χ1n) is 6.11. The van der Waals surface area contributed by atoms with Gasteiger partial charge in [0.1, 0.15) is 5.75 Å². The van der Waals surface area contributed by atoms with Gasteiger partial charge in [-0.2, -0.15) is 0 Å². The molecule has 2 rings (SSSR count). The predicted octanol–water partition coefficient (Wildman–Crippen LogP) is 0.610. The van der Waals surface area contributed by atoms with Crippen LogP contribution < -0.4 is 16.0 Å². The Hall–Kier alpha value is -2.58. The summed E-state index contributed by atoms with van der Waals surface area (Å²) in [7, 11) is 1.59. The normalized spacial score (nSPS) is 9.70. The van der Waals surface area contributed by atoms with E-state index >= 15 is 0 Å². The zero-order chi connectivity index (χ0) is 14.4. The van der Waals surface area contributed by atoms with Gasteiger partial charge in [0.25, 0.3) is 5.56 Å². The van der Waals surface area contributed by atoms with Gasteiger partial charge in [-0.05, 0) is 17.7 Å². The molecular weight excluding hydrogens is 254 g/mol. The molecule has 0 atom stereocenters. The maximum atomic E-state index is 11.7. The van der Waals surface area contributed by atoms with Crippen LogP contribution in [0.3, 0.4) is 0 Å². The molecule has 1 heterocycles. The summed E-state index contributed by atoms with van der Waals surface area (Å²) in [6.45, 7) is 0.726. The Bertz CT molecular complexity index is 711. The number of rotatable bonds is 3. The van der Waals surface area contributed by atoms with Gasteiger partial charge in [-0.15, -0.1) is 0 Å². The summed E-state index contributed by atoms with van der Waals surface area (Å²) in [6, 6.07) is 7.04. The second kappa shape index (κ2) is 6.55. The minimum absolute atomic E-state index is 0.0922. The Balaban J connectivity index is 2.34. The van der Waals surface area contributed by atoms with E-state index in [-0.39, 0.29) is 12.1 Å². The van der Waals surface area contributed by atoms with Crippen LogP contribution in [0.4, 0.5) is 0 Å². The van der Waals surface area contributed by atoms with Crippen molar-refractivity contribution < 1.29 is 4.74 Å². The lowest BCUT2D eigenvalue weighted by Gasteiger charge is -2.08. The lowest BCUT2D eigenvalue weighted by molar-refractivity contribution is 0.413. The highest BCUT2D eigenvalue weighted by atomic mass is 16.5. The molecule has 102 valence electrons. The Kier molecular flexibility index (Phi) is 4.53. The Morgan fingerprint density at radius 1 is 1.40 bits per heavy atom. The molecule has 1 aromatic heterocycles. The zero-order valence-corrected chi connectivity index (χ0v) is 11.2. The van der Waals surface area contributed by atoms with Crippen LogP contribution in [0.15, 0.2) is 41.6 Å². The molecule has 0 aliphatic carbocycles. The van der Waals surface area contributed by atoms with Crippen LogP contribution in [0.2, 0.25) is 0 Å². The molecule has 0 aliphatic heterocycles. The molecule has 0 aliphatic rings. The van der Waals surface area contributed by atoms with E-state index in [4.69, 9.17) is 10.5 Å². The van der Waals surface area contributed by atoms with Gasteiger partial charge in [-0.25, -0.2) is 4.98 Å². The first kappa shape index (κ1) is 13.8. The van der Waals surface area contributed by atoms with Crippen LogP contribution in [-0.4, -0.2) is 23.2 Å². The fraction of sp³-hybridized carbons (Fsp3) is 0.200. The van der Waals surface area contributed by atoms with Gasteiger partial charge in [0.15, 0.2) is 0 Å². The van der Waals surface area contributed by atoms with Gasteiger partial charge in [0.2, 0.25) is 0 Å². The lowest BCUT2D eigenvalue weighted by Crippen LogP contribution is -2.19. The number of ether oxygens (including phenoxy) is 1. The van der Waals surface area contributed by atoms with Crippen molar-refractivity contribution in [2.75, 3.05) is 13.7 Å². The highest BCUT2D eigenvalue weighted by Gasteiger charge is 2.03. The molecule has 0 saturated carbocycles. The van der Waals surface area contributed by atoms with Crippen molar-refractivity contribution in [2.24, 2.45) is 5.73 Å². The van der Waals surface area contributed by atoms with Gasteiger partial charge < -0.3 is 10.5 Å². The second-order valence-corrected chi connectivity index (χ2v) is 4.09. The van der Waals surface area contributed by atoms with E-state index in [2.05, 4.69) is 16.8 Å². The van der Waals surface area contributed by atoms with Gasteiger partial charge in [0, 0.05) is 12.3 Å². The number of aromatic nitrogens is 2. The fourth-order valence-corrected chi connectivity index (χ4v) is 1.79. The average Bonchev–Trinajstić information content (AvgIpc) is 2.47. The second-order valence-electron chi connectivity index (χ2n) is 4.09. The lowest BCUT2D eigenvalue weighted by atomic mass is 10.1. The first-order chi connectivity index (χ1) is 9.74. The van der Waals surface area contributed by atoms with E-state index in [1.165, 1.54) is 23.2 Å². The number of hydrogen-bond donors (Lipinski definition) is 1. The van der Waals surface area contributed by atoms with Gasteiger partial charge in [-0.3, -0.25) is 9.36 Å². The van der Waals surface area contributed by atoms with Crippen molar-refractivity contribution in [1.29, 1.82) is 0 Å². The summed E-state index contributed by atoms with van der Waals surface area (Å²) in [5, 5.41) is 0. The average molecular weight is 269 g/mol. The van der Waals surface area contributed by atoms with Crippen molar-refractivity contribution in [3.63, 3.8) is 0 Å². The van der Waals surface area contributed by atoms with Crippen molar-refractivity contribution in [3.05, 3.63) is 58.3 Å². The van der Waals surface area contributed by atoms with Crippen molar-refractivity contribution in [1.82, 2.24) is 9.55 Å². The number of nitrogens with two attached hydrogens (primary N) is 1. The molecule has 0 saturated heterocycles. The van der Waals surface area contributed by atoms with E-state index in [9.17, 15) is 4.79 Å². The van der Waals surface area contributed by atoms with Gasteiger partial charge in [0.05, 0.1) is 32.1 Å². The zero-order valence-electron chi connectivity index (χ0n) is 11.2. The smallest absolute Gasteiger partial charge is 0.253 e. The number of benzene rings is 1. The summed E-state index contributed by atoms with van der Waals surface area (Å²) >= 11 is 0. The topological polar surface area (TPSA) is 70.1 Å². The third-order valence-corrected chi connectivity index (χ3v) is 2.73. The van der Waals surface area contributed by atoms with Crippen molar-refractivity contribution in [2.45, 2.75) is 6.54 Å². The largest absolute Gasteiger partial charge is 0.495 e. The number of nitrogens with zero attached hydrogens (tertiary/aromatic N) is 2. The SMILES string of the molecule is COc1ccc(Cn2cnccc2=O)cc1C#CCN. The van der Waals surface area contributed by atoms with E-state index in [0.29, 0.717) is 12.3 Å². The van der Waals surface area contributed by atoms with Crippen LogP contribution in [0.5, 0.6) is 5.75 Å². The fourth-order valence-electron chi connectivity index (χ4n) is 1.79. The highest BCUT2D eigenvalue weighted by molar-refractivity contribution is 5.48.